The minimum Gasteiger partial charge on any atom is -0.458 e. The molecule has 2 heterocycles. The van der Waals surface area contributed by atoms with Gasteiger partial charge in [-0.2, -0.15) is 11.8 Å². The fourth-order valence-corrected chi connectivity index (χ4v) is 4.23. The Morgan fingerprint density at radius 3 is 2.90 bits per heavy atom. The van der Waals surface area contributed by atoms with Gasteiger partial charge in [0, 0.05) is 5.39 Å². The van der Waals surface area contributed by atoms with Gasteiger partial charge < -0.3 is 4.42 Å². The third-order valence-corrected chi connectivity index (χ3v) is 5.32. The average molecular weight is 311 g/mol. The molecule has 1 unspecified atom stereocenters. The fraction of sp³-hybridized carbons (Fsp3) is 0.467. The van der Waals surface area contributed by atoms with Crippen molar-refractivity contribution in [3.63, 3.8) is 0 Å². The molecule has 2 aromatic rings. The molecule has 0 amide bonds. The molecule has 0 spiro atoms. The Hall–Kier alpha value is -0.680. The molecule has 5 heteroatoms. The van der Waals surface area contributed by atoms with Crippen molar-refractivity contribution in [1.29, 1.82) is 0 Å². The van der Waals surface area contributed by atoms with Crippen LogP contribution < -0.4 is 11.3 Å². The Morgan fingerprint density at radius 1 is 1.40 bits per heavy atom. The number of furan rings is 1. The summed E-state index contributed by atoms with van der Waals surface area (Å²) >= 11 is 8.20. The fourth-order valence-electron chi connectivity index (χ4n) is 2.80. The lowest BCUT2D eigenvalue weighted by molar-refractivity contribution is 0.337. The monoisotopic (exact) mass is 310 g/mol. The number of hydrogen-bond acceptors (Lipinski definition) is 4. The van der Waals surface area contributed by atoms with Gasteiger partial charge in [-0.3, -0.25) is 5.84 Å². The standard InChI is InChI=1S/C15H19ClN2OS/c16-12-3-1-2-11-9-14(19-15(11)12)13(18-17)8-10-4-6-20-7-5-10/h1-3,9-10,13,18H,4-8,17H2. The van der Waals surface area contributed by atoms with Crippen LogP contribution in [-0.4, -0.2) is 11.5 Å². The lowest BCUT2D eigenvalue weighted by Gasteiger charge is -2.24. The number of halogens is 1. The van der Waals surface area contributed by atoms with Crippen LogP contribution >= 0.6 is 23.4 Å². The van der Waals surface area contributed by atoms with Crippen molar-refractivity contribution in [3.05, 3.63) is 35.0 Å². The first-order valence-corrected chi connectivity index (χ1v) is 8.53. The van der Waals surface area contributed by atoms with Gasteiger partial charge in [0.05, 0.1) is 11.1 Å². The molecule has 1 atom stereocenters. The lowest BCUT2D eigenvalue weighted by atomic mass is 9.93. The second-order valence-corrected chi connectivity index (χ2v) is 6.95. The quantitative estimate of drug-likeness (QED) is 0.658. The van der Waals surface area contributed by atoms with Crippen molar-refractivity contribution in [3.8, 4) is 0 Å². The summed E-state index contributed by atoms with van der Waals surface area (Å²) in [6, 6.07) is 7.90. The predicted molar refractivity (Wildman–Crippen MR) is 86.0 cm³/mol. The van der Waals surface area contributed by atoms with Crippen molar-refractivity contribution < 1.29 is 4.42 Å². The first kappa shape index (κ1) is 14.3. The van der Waals surface area contributed by atoms with Crippen molar-refractivity contribution in [2.75, 3.05) is 11.5 Å². The largest absolute Gasteiger partial charge is 0.458 e. The Bertz CT molecular complexity index is 580. The smallest absolute Gasteiger partial charge is 0.152 e. The molecule has 1 aliphatic heterocycles. The van der Waals surface area contributed by atoms with E-state index < -0.39 is 0 Å². The number of rotatable bonds is 4. The number of thioether (sulfide) groups is 1. The number of nitrogens with two attached hydrogens (primary N) is 1. The maximum atomic E-state index is 6.16. The number of benzene rings is 1. The van der Waals surface area contributed by atoms with E-state index in [1.165, 1.54) is 24.3 Å². The van der Waals surface area contributed by atoms with Gasteiger partial charge in [0.25, 0.3) is 0 Å². The zero-order valence-corrected chi connectivity index (χ0v) is 12.8. The first-order chi connectivity index (χ1) is 9.78. The van der Waals surface area contributed by atoms with Crippen LogP contribution in [0.15, 0.2) is 28.7 Å². The summed E-state index contributed by atoms with van der Waals surface area (Å²) in [5, 5.41) is 1.69. The van der Waals surface area contributed by atoms with Gasteiger partial charge in [-0.25, -0.2) is 5.43 Å². The van der Waals surface area contributed by atoms with E-state index in [1.54, 1.807) is 0 Å². The summed E-state index contributed by atoms with van der Waals surface area (Å²) in [6.45, 7) is 0. The van der Waals surface area contributed by atoms with Gasteiger partial charge in [-0.1, -0.05) is 23.7 Å². The molecule has 3 N–H and O–H groups in total. The zero-order chi connectivity index (χ0) is 13.9. The molecule has 1 aromatic heterocycles. The second kappa shape index (κ2) is 6.39. The average Bonchev–Trinajstić information content (AvgIpc) is 2.91. The number of hydrogen-bond donors (Lipinski definition) is 2. The van der Waals surface area contributed by atoms with Crippen LogP contribution in [0.5, 0.6) is 0 Å². The summed E-state index contributed by atoms with van der Waals surface area (Å²) in [7, 11) is 0. The van der Waals surface area contributed by atoms with Crippen LogP contribution in [0.3, 0.4) is 0 Å². The van der Waals surface area contributed by atoms with Gasteiger partial charge >= 0.3 is 0 Å². The summed E-state index contributed by atoms with van der Waals surface area (Å²) in [6.07, 6.45) is 3.56. The van der Waals surface area contributed by atoms with Crippen molar-refractivity contribution >= 4 is 34.3 Å². The molecule has 1 saturated heterocycles. The van der Waals surface area contributed by atoms with Crippen molar-refractivity contribution in [2.45, 2.75) is 25.3 Å². The highest BCUT2D eigenvalue weighted by atomic mass is 35.5. The molecule has 0 bridgehead atoms. The number of para-hydroxylation sites is 1. The summed E-state index contributed by atoms with van der Waals surface area (Å²) in [5.41, 5.74) is 3.66. The van der Waals surface area contributed by atoms with Crippen LogP contribution in [0.2, 0.25) is 5.02 Å². The van der Waals surface area contributed by atoms with E-state index in [9.17, 15) is 0 Å². The third-order valence-electron chi connectivity index (χ3n) is 3.97. The van der Waals surface area contributed by atoms with Gasteiger partial charge in [0.2, 0.25) is 0 Å². The molecule has 0 aliphatic carbocycles. The minimum atomic E-state index is 0.0616. The van der Waals surface area contributed by atoms with E-state index in [1.807, 2.05) is 36.0 Å². The molecule has 3 rings (SSSR count). The first-order valence-electron chi connectivity index (χ1n) is 6.99. The number of hydrazine groups is 1. The van der Waals surface area contributed by atoms with Crippen LogP contribution in [0.25, 0.3) is 11.0 Å². The van der Waals surface area contributed by atoms with Crippen molar-refractivity contribution in [1.82, 2.24) is 5.43 Å². The molecule has 108 valence electrons. The van der Waals surface area contributed by atoms with Crippen LogP contribution in [0, 0.1) is 5.92 Å². The lowest BCUT2D eigenvalue weighted by Crippen LogP contribution is -2.30. The molecule has 0 radical (unpaired) electrons. The third kappa shape index (κ3) is 2.98. The predicted octanol–water partition coefficient (Wildman–Crippen LogP) is 4.12. The molecular formula is C15H19ClN2OS. The van der Waals surface area contributed by atoms with E-state index >= 15 is 0 Å². The normalized spacial score (nSPS) is 18.5. The summed E-state index contributed by atoms with van der Waals surface area (Å²) in [4.78, 5) is 0. The highest BCUT2D eigenvalue weighted by Crippen LogP contribution is 2.34. The van der Waals surface area contributed by atoms with Crippen LogP contribution in [0.1, 0.15) is 31.1 Å². The summed E-state index contributed by atoms with van der Waals surface area (Å²) < 4.78 is 5.91. The molecule has 1 aliphatic rings. The van der Waals surface area contributed by atoms with Gasteiger partial charge in [-0.15, -0.1) is 0 Å². The van der Waals surface area contributed by atoms with E-state index in [0.717, 1.165) is 29.1 Å². The topological polar surface area (TPSA) is 51.2 Å². The van der Waals surface area contributed by atoms with Crippen LogP contribution in [-0.2, 0) is 0 Å². The zero-order valence-electron chi connectivity index (χ0n) is 11.3. The van der Waals surface area contributed by atoms with Gasteiger partial charge in [-0.05, 0) is 48.8 Å². The van der Waals surface area contributed by atoms with Crippen LogP contribution in [0.4, 0.5) is 0 Å². The molecular weight excluding hydrogens is 292 g/mol. The van der Waals surface area contributed by atoms with E-state index in [-0.39, 0.29) is 6.04 Å². The van der Waals surface area contributed by atoms with Crippen molar-refractivity contribution in [2.24, 2.45) is 11.8 Å². The van der Waals surface area contributed by atoms with E-state index in [2.05, 4.69) is 5.43 Å². The molecule has 0 saturated carbocycles. The van der Waals surface area contributed by atoms with E-state index in [4.69, 9.17) is 21.9 Å². The maximum absolute atomic E-state index is 6.16. The Morgan fingerprint density at radius 2 is 2.20 bits per heavy atom. The minimum absolute atomic E-state index is 0.0616. The maximum Gasteiger partial charge on any atom is 0.152 e. The number of fused-ring (bicyclic) bond motifs is 1. The Labute approximate surface area is 128 Å². The van der Waals surface area contributed by atoms with E-state index in [0.29, 0.717) is 5.02 Å². The second-order valence-electron chi connectivity index (χ2n) is 5.32. The Kier molecular flexibility index (Phi) is 4.56. The molecule has 1 aromatic carbocycles. The summed E-state index contributed by atoms with van der Waals surface area (Å²) in [5.74, 6) is 9.86. The SMILES string of the molecule is NNC(CC1CCSCC1)c1cc2cccc(Cl)c2o1. The molecule has 3 nitrogen and oxygen atoms in total. The van der Waals surface area contributed by atoms with Gasteiger partial charge in [0.1, 0.15) is 5.76 Å². The Balaban J connectivity index is 1.81. The molecule has 20 heavy (non-hydrogen) atoms. The highest BCUT2D eigenvalue weighted by molar-refractivity contribution is 7.99. The number of nitrogens with one attached hydrogen (secondary N) is 1. The molecule has 1 fully saturated rings. The van der Waals surface area contributed by atoms with Gasteiger partial charge in [0.15, 0.2) is 5.58 Å². The highest BCUT2D eigenvalue weighted by Gasteiger charge is 2.22.